The second kappa shape index (κ2) is 5.51. The lowest BCUT2D eigenvalue weighted by molar-refractivity contribution is 0.100. The second-order valence-electron chi connectivity index (χ2n) is 5.33. The van der Waals surface area contributed by atoms with Gasteiger partial charge in [0, 0.05) is 28.7 Å². The number of hydrogen-bond donors (Lipinski definition) is 2. The Balaban J connectivity index is 2.14. The van der Waals surface area contributed by atoms with Crippen LogP contribution in [-0.2, 0) is 0 Å². The minimum absolute atomic E-state index is 0.232. The molecule has 0 radical (unpaired) electrons. The zero-order valence-corrected chi connectivity index (χ0v) is 13.0. The SMILES string of the molecule is CNC1(C)CCN(c2ccc(C(N)=O)cc2Br)CC1. The summed E-state index contributed by atoms with van der Waals surface area (Å²) in [6.45, 7) is 4.27. The maximum atomic E-state index is 11.1. The van der Waals surface area contributed by atoms with Gasteiger partial charge in [0.2, 0.25) is 5.91 Å². The zero-order valence-electron chi connectivity index (χ0n) is 11.4. The van der Waals surface area contributed by atoms with Crippen molar-refractivity contribution in [3.63, 3.8) is 0 Å². The number of carbonyl (C=O) groups is 1. The third-order valence-corrected chi connectivity index (χ3v) is 4.68. The maximum Gasteiger partial charge on any atom is 0.248 e. The molecule has 1 fully saturated rings. The molecule has 2 rings (SSSR count). The Morgan fingerprint density at radius 2 is 2.05 bits per heavy atom. The third-order valence-electron chi connectivity index (χ3n) is 4.04. The molecule has 4 nitrogen and oxygen atoms in total. The average molecular weight is 326 g/mol. The number of carbonyl (C=O) groups excluding carboxylic acids is 1. The molecular formula is C14H20BrN3O. The molecule has 0 saturated carbocycles. The predicted octanol–water partition coefficient (Wildman–Crippen LogP) is 2.13. The summed E-state index contributed by atoms with van der Waals surface area (Å²) >= 11 is 3.53. The van der Waals surface area contributed by atoms with Gasteiger partial charge in [-0.1, -0.05) is 0 Å². The van der Waals surface area contributed by atoms with Crippen molar-refractivity contribution in [3.05, 3.63) is 28.2 Å². The number of benzene rings is 1. The Kier molecular flexibility index (Phi) is 4.16. The van der Waals surface area contributed by atoms with Gasteiger partial charge in [0.1, 0.15) is 0 Å². The monoisotopic (exact) mass is 325 g/mol. The van der Waals surface area contributed by atoms with E-state index in [1.54, 1.807) is 12.1 Å². The van der Waals surface area contributed by atoms with E-state index in [2.05, 4.69) is 33.1 Å². The van der Waals surface area contributed by atoms with Crippen LogP contribution in [0.15, 0.2) is 22.7 Å². The molecule has 1 amide bonds. The molecule has 1 aromatic rings. The van der Waals surface area contributed by atoms with E-state index in [-0.39, 0.29) is 5.54 Å². The van der Waals surface area contributed by atoms with Crippen LogP contribution >= 0.6 is 15.9 Å². The van der Waals surface area contributed by atoms with E-state index in [4.69, 9.17) is 5.73 Å². The number of piperidine rings is 1. The summed E-state index contributed by atoms with van der Waals surface area (Å²) < 4.78 is 0.928. The first-order chi connectivity index (χ1) is 8.95. The van der Waals surface area contributed by atoms with Crippen LogP contribution in [0.2, 0.25) is 0 Å². The van der Waals surface area contributed by atoms with Gasteiger partial charge in [-0.05, 0) is 60.9 Å². The van der Waals surface area contributed by atoms with E-state index in [0.29, 0.717) is 5.56 Å². The molecule has 0 bridgehead atoms. The fourth-order valence-corrected chi connectivity index (χ4v) is 3.04. The highest BCUT2D eigenvalue weighted by Gasteiger charge is 2.28. The molecule has 1 aromatic carbocycles. The molecule has 0 spiro atoms. The van der Waals surface area contributed by atoms with E-state index in [9.17, 15) is 4.79 Å². The Morgan fingerprint density at radius 3 is 2.53 bits per heavy atom. The van der Waals surface area contributed by atoms with Gasteiger partial charge in [-0.25, -0.2) is 0 Å². The van der Waals surface area contributed by atoms with Gasteiger partial charge in [0.15, 0.2) is 0 Å². The van der Waals surface area contributed by atoms with Crippen LogP contribution in [-0.4, -0.2) is 31.6 Å². The highest BCUT2D eigenvalue weighted by Crippen LogP contribution is 2.31. The van der Waals surface area contributed by atoms with Crippen molar-refractivity contribution in [1.29, 1.82) is 0 Å². The third kappa shape index (κ3) is 3.09. The standard InChI is InChI=1S/C14H20BrN3O/c1-14(17-2)5-7-18(8-6-14)12-4-3-10(13(16)19)9-11(12)15/h3-4,9,17H,5-8H2,1-2H3,(H2,16,19). The van der Waals surface area contributed by atoms with Gasteiger partial charge in [0.25, 0.3) is 0 Å². The van der Waals surface area contributed by atoms with Gasteiger partial charge >= 0.3 is 0 Å². The van der Waals surface area contributed by atoms with Gasteiger partial charge in [0.05, 0.1) is 5.69 Å². The maximum absolute atomic E-state index is 11.1. The van der Waals surface area contributed by atoms with Crippen molar-refractivity contribution in [1.82, 2.24) is 5.32 Å². The molecule has 19 heavy (non-hydrogen) atoms. The van der Waals surface area contributed by atoms with Crippen molar-refractivity contribution in [3.8, 4) is 0 Å². The molecule has 1 saturated heterocycles. The van der Waals surface area contributed by atoms with E-state index in [1.807, 2.05) is 13.1 Å². The van der Waals surface area contributed by atoms with Crippen molar-refractivity contribution in [2.24, 2.45) is 5.73 Å². The minimum Gasteiger partial charge on any atom is -0.370 e. The first-order valence-corrected chi connectivity index (χ1v) is 7.28. The summed E-state index contributed by atoms with van der Waals surface area (Å²) in [6.07, 6.45) is 2.21. The fourth-order valence-electron chi connectivity index (χ4n) is 2.41. The molecule has 1 aliphatic rings. The summed E-state index contributed by atoms with van der Waals surface area (Å²) in [5.41, 5.74) is 7.18. The van der Waals surface area contributed by atoms with E-state index in [1.165, 1.54) is 0 Å². The van der Waals surface area contributed by atoms with Crippen molar-refractivity contribution >= 4 is 27.5 Å². The number of primary amides is 1. The summed E-state index contributed by atoms with van der Waals surface area (Å²) in [5, 5.41) is 3.39. The average Bonchev–Trinajstić information content (AvgIpc) is 2.40. The second-order valence-corrected chi connectivity index (χ2v) is 6.18. The Morgan fingerprint density at radius 1 is 1.42 bits per heavy atom. The molecule has 0 unspecified atom stereocenters. The summed E-state index contributed by atoms with van der Waals surface area (Å²) in [6, 6.07) is 5.55. The molecular weight excluding hydrogens is 306 g/mol. The van der Waals surface area contributed by atoms with Crippen molar-refractivity contribution in [2.45, 2.75) is 25.3 Å². The number of nitrogens with zero attached hydrogens (tertiary/aromatic N) is 1. The first-order valence-electron chi connectivity index (χ1n) is 6.48. The topological polar surface area (TPSA) is 58.4 Å². The minimum atomic E-state index is -0.395. The number of nitrogens with one attached hydrogen (secondary N) is 1. The van der Waals surface area contributed by atoms with Crippen LogP contribution in [0.5, 0.6) is 0 Å². The number of rotatable bonds is 3. The smallest absolute Gasteiger partial charge is 0.248 e. The van der Waals surface area contributed by atoms with E-state index >= 15 is 0 Å². The molecule has 5 heteroatoms. The summed E-state index contributed by atoms with van der Waals surface area (Å²) in [4.78, 5) is 13.5. The molecule has 0 atom stereocenters. The molecule has 1 aliphatic heterocycles. The summed E-state index contributed by atoms with van der Waals surface area (Å²) in [7, 11) is 2.02. The van der Waals surface area contributed by atoms with E-state index in [0.717, 1.165) is 36.1 Å². The van der Waals surface area contributed by atoms with Gasteiger partial charge in [-0.2, -0.15) is 0 Å². The molecule has 1 heterocycles. The van der Waals surface area contributed by atoms with Crippen molar-refractivity contribution < 1.29 is 4.79 Å². The number of hydrogen-bond acceptors (Lipinski definition) is 3. The first kappa shape index (κ1) is 14.3. The van der Waals surface area contributed by atoms with Gasteiger partial charge in [-0.15, -0.1) is 0 Å². The number of amides is 1. The number of anilines is 1. The zero-order chi connectivity index (χ0) is 14.0. The van der Waals surface area contributed by atoms with Gasteiger partial charge in [-0.3, -0.25) is 4.79 Å². The Bertz CT molecular complexity index is 482. The van der Waals surface area contributed by atoms with Crippen LogP contribution in [0.1, 0.15) is 30.1 Å². The normalized spacial score (nSPS) is 18.4. The largest absolute Gasteiger partial charge is 0.370 e. The van der Waals surface area contributed by atoms with Crippen molar-refractivity contribution in [2.75, 3.05) is 25.0 Å². The Hall–Kier alpha value is -1.07. The predicted molar refractivity (Wildman–Crippen MR) is 81.6 cm³/mol. The Labute approximate surface area is 122 Å². The highest BCUT2D eigenvalue weighted by molar-refractivity contribution is 9.10. The van der Waals surface area contributed by atoms with Crippen LogP contribution in [0, 0.1) is 0 Å². The van der Waals surface area contributed by atoms with E-state index < -0.39 is 5.91 Å². The lowest BCUT2D eigenvalue weighted by Crippen LogP contribution is -2.50. The lowest BCUT2D eigenvalue weighted by atomic mass is 9.89. The lowest BCUT2D eigenvalue weighted by Gasteiger charge is -2.40. The molecule has 104 valence electrons. The van der Waals surface area contributed by atoms with Crippen LogP contribution in [0.25, 0.3) is 0 Å². The molecule has 0 aromatic heterocycles. The molecule has 3 N–H and O–H groups in total. The number of halogens is 1. The number of nitrogens with two attached hydrogens (primary N) is 1. The quantitative estimate of drug-likeness (QED) is 0.895. The van der Waals surface area contributed by atoms with Crippen LogP contribution in [0.3, 0.4) is 0 Å². The fraction of sp³-hybridized carbons (Fsp3) is 0.500. The molecule has 0 aliphatic carbocycles. The van der Waals surface area contributed by atoms with Gasteiger partial charge < -0.3 is 16.0 Å². The highest BCUT2D eigenvalue weighted by atomic mass is 79.9. The summed E-state index contributed by atoms with van der Waals surface area (Å²) in [5.74, 6) is -0.395. The van der Waals surface area contributed by atoms with Crippen LogP contribution < -0.4 is 16.0 Å². The van der Waals surface area contributed by atoms with Crippen LogP contribution in [0.4, 0.5) is 5.69 Å².